The van der Waals surface area contributed by atoms with Gasteiger partial charge < -0.3 is 5.32 Å². The Morgan fingerprint density at radius 2 is 1.19 bits per heavy atom. The summed E-state index contributed by atoms with van der Waals surface area (Å²) in [6, 6.07) is 18.7. The monoisotopic (exact) mass is 277 g/mol. The van der Waals surface area contributed by atoms with Crippen molar-refractivity contribution in [1.29, 1.82) is 0 Å². The largest absolute Gasteiger partial charge is 0.323 e. The minimum Gasteiger partial charge on any atom is -0.323 e. The summed E-state index contributed by atoms with van der Waals surface area (Å²) in [7, 11) is 3.75. The highest BCUT2D eigenvalue weighted by Crippen LogP contribution is 2.20. The predicted octanol–water partition coefficient (Wildman–Crippen LogP) is 3.95. The summed E-state index contributed by atoms with van der Waals surface area (Å²) in [5.74, 6) is 0. The minimum absolute atomic E-state index is 1.12. The molecule has 1 nitrogen and oxygen atoms in total. The van der Waals surface area contributed by atoms with Crippen molar-refractivity contribution in [2.24, 2.45) is 0 Å². The van der Waals surface area contributed by atoms with Crippen LogP contribution in [0.1, 0.15) is 0 Å². The van der Waals surface area contributed by atoms with Gasteiger partial charge in [0.25, 0.3) is 0 Å². The maximum absolute atomic E-state index is 3.42. The lowest BCUT2D eigenvalue weighted by Crippen LogP contribution is -1.89. The van der Waals surface area contributed by atoms with Crippen molar-refractivity contribution in [3.63, 3.8) is 0 Å². The number of hydrogen-bond donors (Lipinski definition) is 1. The molecule has 0 saturated heterocycles. The molecule has 0 aliphatic carbocycles. The molecule has 1 N–H and O–H groups in total. The second kappa shape index (κ2) is 7.20. The zero-order valence-electron chi connectivity index (χ0n) is 9.57. The van der Waals surface area contributed by atoms with E-state index in [1.54, 1.807) is 0 Å². The molecule has 0 fully saturated rings. The van der Waals surface area contributed by atoms with Gasteiger partial charge in [-0.15, -0.1) is 0 Å². The molecule has 16 heavy (non-hydrogen) atoms. The molecule has 0 aliphatic heterocycles. The molecule has 2 aromatic rings. The van der Waals surface area contributed by atoms with Crippen molar-refractivity contribution in [2.45, 2.75) is 0 Å². The Morgan fingerprint density at radius 1 is 0.750 bits per heavy atom. The average molecular weight is 278 g/mol. The molecular formula is C14H16BrN. The Kier molecular flexibility index (Phi) is 5.83. The van der Waals surface area contributed by atoms with Gasteiger partial charge in [-0.3, -0.25) is 0 Å². The minimum atomic E-state index is 1.12. The van der Waals surface area contributed by atoms with E-state index < -0.39 is 0 Å². The Bertz CT molecular complexity index is 395. The van der Waals surface area contributed by atoms with Crippen molar-refractivity contribution < 1.29 is 0 Å². The molecular weight excluding hydrogens is 262 g/mol. The van der Waals surface area contributed by atoms with Crippen LogP contribution in [0.2, 0.25) is 0 Å². The third-order valence-electron chi connectivity index (χ3n) is 1.95. The van der Waals surface area contributed by atoms with Crippen molar-refractivity contribution in [3.05, 3.63) is 59.1 Å². The molecule has 2 heteroatoms. The van der Waals surface area contributed by atoms with Gasteiger partial charge in [-0.05, 0) is 37.4 Å². The zero-order valence-corrected chi connectivity index (χ0v) is 11.2. The van der Waals surface area contributed by atoms with Gasteiger partial charge in [0.05, 0.1) is 0 Å². The van der Waals surface area contributed by atoms with E-state index in [-0.39, 0.29) is 0 Å². The first-order valence-corrected chi connectivity index (χ1v) is 5.96. The van der Waals surface area contributed by atoms with Crippen LogP contribution in [0.15, 0.2) is 59.1 Å². The third kappa shape index (κ3) is 4.17. The fraction of sp³-hybridized carbons (Fsp3) is 0.143. The fourth-order valence-electron chi connectivity index (χ4n) is 1.27. The molecule has 0 spiro atoms. The summed E-state index contributed by atoms with van der Waals surface area (Å²) in [5.41, 5.74) is 2.51. The molecule has 84 valence electrons. The number of benzene rings is 2. The van der Waals surface area contributed by atoms with E-state index in [1.807, 2.05) is 20.2 Å². The van der Waals surface area contributed by atoms with Crippen molar-refractivity contribution >= 4 is 15.9 Å². The number of nitrogens with one attached hydrogen (secondary N) is 1. The highest BCUT2D eigenvalue weighted by atomic mass is 79.9. The van der Waals surface area contributed by atoms with E-state index in [0.29, 0.717) is 0 Å². The lowest BCUT2D eigenvalue weighted by molar-refractivity contribution is 1.02. The normalized spacial score (nSPS) is 9.19. The molecule has 0 aromatic heterocycles. The first-order valence-electron chi connectivity index (χ1n) is 5.17. The van der Waals surface area contributed by atoms with Crippen LogP contribution in [0.4, 0.5) is 0 Å². The van der Waals surface area contributed by atoms with E-state index in [9.17, 15) is 0 Å². The van der Waals surface area contributed by atoms with E-state index in [0.717, 1.165) is 4.47 Å². The van der Waals surface area contributed by atoms with Gasteiger partial charge in [-0.1, -0.05) is 58.4 Å². The molecule has 0 radical (unpaired) electrons. The lowest BCUT2D eigenvalue weighted by Gasteiger charge is -2.00. The number of hydrogen-bond acceptors (Lipinski definition) is 1. The summed E-state index contributed by atoms with van der Waals surface area (Å²) in [6.45, 7) is 0. The van der Waals surface area contributed by atoms with E-state index >= 15 is 0 Å². The topological polar surface area (TPSA) is 12.0 Å². The van der Waals surface area contributed by atoms with E-state index in [4.69, 9.17) is 0 Å². The van der Waals surface area contributed by atoms with Crippen LogP contribution in [0.3, 0.4) is 0 Å². The van der Waals surface area contributed by atoms with Gasteiger partial charge in [0.15, 0.2) is 0 Å². The second-order valence-corrected chi connectivity index (χ2v) is 4.29. The van der Waals surface area contributed by atoms with Gasteiger partial charge >= 0.3 is 0 Å². The van der Waals surface area contributed by atoms with E-state index in [1.165, 1.54) is 11.1 Å². The first-order chi connectivity index (χ1) is 7.77. The molecule has 2 rings (SSSR count). The molecule has 0 amide bonds. The average Bonchev–Trinajstić information content (AvgIpc) is 2.32. The quantitative estimate of drug-likeness (QED) is 0.832. The van der Waals surface area contributed by atoms with Crippen molar-refractivity contribution in [3.8, 4) is 11.1 Å². The van der Waals surface area contributed by atoms with Crippen LogP contribution in [0.25, 0.3) is 11.1 Å². The van der Waals surface area contributed by atoms with Crippen molar-refractivity contribution in [2.75, 3.05) is 14.1 Å². The molecule has 0 atom stereocenters. The molecule has 2 aromatic carbocycles. The second-order valence-electron chi connectivity index (χ2n) is 3.37. The Balaban J connectivity index is 0.000000386. The van der Waals surface area contributed by atoms with Gasteiger partial charge in [0.2, 0.25) is 0 Å². The zero-order chi connectivity index (χ0) is 11.8. The predicted molar refractivity (Wildman–Crippen MR) is 74.6 cm³/mol. The van der Waals surface area contributed by atoms with Crippen molar-refractivity contribution in [1.82, 2.24) is 5.32 Å². The smallest absolute Gasteiger partial charge is 0.0175 e. The van der Waals surface area contributed by atoms with Crippen LogP contribution < -0.4 is 5.32 Å². The third-order valence-corrected chi connectivity index (χ3v) is 2.48. The summed E-state index contributed by atoms with van der Waals surface area (Å²) >= 11 is 3.42. The maximum Gasteiger partial charge on any atom is 0.0175 e. The highest BCUT2D eigenvalue weighted by molar-refractivity contribution is 9.10. The van der Waals surface area contributed by atoms with E-state index in [2.05, 4.69) is 69.8 Å². The van der Waals surface area contributed by atoms with Gasteiger partial charge in [0.1, 0.15) is 0 Å². The summed E-state index contributed by atoms with van der Waals surface area (Å²) < 4.78 is 1.12. The Hall–Kier alpha value is -1.12. The van der Waals surface area contributed by atoms with Crippen LogP contribution in [0.5, 0.6) is 0 Å². The van der Waals surface area contributed by atoms with Gasteiger partial charge in [0, 0.05) is 4.47 Å². The maximum atomic E-state index is 3.42. The summed E-state index contributed by atoms with van der Waals surface area (Å²) in [5, 5.41) is 2.75. The SMILES string of the molecule is Brc1ccc(-c2ccccc2)cc1.CNC. The number of rotatable bonds is 1. The Labute approximate surface area is 106 Å². The van der Waals surface area contributed by atoms with Gasteiger partial charge in [-0.25, -0.2) is 0 Å². The standard InChI is InChI=1S/C12H9Br.C2H7N/c13-12-8-6-11(7-9-12)10-4-2-1-3-5-10;1-3-2/h1-9H;3H,1-2H3. The highest BCUT2D eigenvalue weighted by Gasteiger charge is 1.94. The first kappa shape index (κ1) is 12.9. The fourth-order valence-corrected chi connectivity index (χ4v) is 1.54. The van der Waals surface area contributed by atoms with Crippen LogP contribution in [-0.2, 0) is 0 Å². The molecule has 0 saturated carbocycles. The number of halogens is 1. The molecule has 0 heterocycles. The lowest BCUT2D eigenvalue weighted by atomic mass is 10.1. The van der Waals surface area contributed by atoms with Crippen LogP contribution in [0, 0.1) is 0 Å². The molecule has 0 aliphatic rings. The summed E-state index contributed by atoms with van der Waals surface area (Å²) in [4.78, 5) is 0. The molecule has 0 unspecified atom stereocenters. The summed E-state index contributed by atoms with van der Waals surface area (Å²) in [6.07, 6.45) is 0. The Morgan fingerprint density at radius 3 is 1.69 bits per heavy atom. The molecule has 0 bridgehead atoms. The van der Waals surface area contributed by atoms with Gasteiger partial charge in [-0.2, -0.15) is 0 Å². The van der Waals surface area contributed by atoms with Crippen LogP contribution >= 0.6 is 15.9 Å². The van der Waals surface area contributed by atoms with Crippen LogP contribution in [-0.4, -0.2) is 14.1 Å².